The molecule has 2 fully saturated rings. The highest BCUT2D eigenvalue weighted by atomic mass is 35.5. The van der Waals surface area contributed by atoms with Crippen LogP contribution in [0.5, 0.6) is 0 Å². The summed E-state index contributed by atoms with van der Waals surface area (Å²) < 4.78 is 0. The van der Waals surface area contributed by atoms with E-state index in [1.165, 1.54) is 24.0 Å². The molecule has 0 amide bonds. The Morgan fingerprint density at radius 3 is 2.56 bits per heavy atom. The van der Waals surface area contributed by atoms with Crippen molar-refractivity contribution in [1.29, 1.82) is 0 Å². The Bertz CT molecular complexity index is 434. The van der Waals surface area contributed by atoms with Gasteiger partial charge in [-0.2, -0.15) is 0 Å². The van der Waals surface area contributed by atoms with E-state index in [1.807, 2.05) is 6.07 Å². The Kier molecular flexibility index (Phi) is 3.35. The molecule has 3 rings (SSSR count). The largest absolute Gasteiger partial charge is 0.393 e. The molecule has 2 atom stereocenters. The smallest absolute Gasteiger partial charge is 0.0570 e. The summed E-state index contributed by atoms with van der Waals surface area (Å²) in [7, 11) is 0. The Morgan fingerprint density at radius 1 is 1.28 bits per heavy atom. The number of aryl methyl sites for hydroxylation is 1. The van der Waals surface area contributed by atoms with Gasteiger partial charge in [0.2, 0.25) is 0 Å². The van der Waals surface area contributed by atoms with Gasteiger partial charge in [0.25, 0.3) is 0 Å². The molecule has 0 radical (unpaired) electrons. The van der Waals surface area contributed by atoms with Crippen LogP contribution in [0.15, 0.2) is 18.2 Å². The number of fused-ring (bicyclic) bond motifs is 2. The summed E-state index contributed by atoms with van der Waals surface area (Å²) in [6.07, 6.45) is 4.23. The van der Waals surface area contributed by atoms with Gasteiger partial charge in [0.1, 0.15) is 0 Å². The Labute approximate surface area is 114 Å². The van der Waals surface area contributed by atoms with Gasteiger partial charge < -0.3 is 5.11 Å². The summed E-state index contributed by atoms with van der Waals surface area (Å²) >= 11 is 6.32. The lowest BCUT2D eigenvalue weighted by Gasteiger charge is -2.37. The van der Waals surface area contributed by atoms with Gasteiger partial charge in [0.05, 0.1) is 6.10 Å². The van der Waals surface area contributed by atoms with E-state index in [2.05, 4.69) is 24.0 Å². The third-order valence-corrected chi connectivity index (χ3v) is 4.77. The van der Waals surface area contributed by atoms with E-state index < -0.39 is 0 Å². The number of hydrogen-bond donors (Lipinski definition) is 1. The minimum Gasteiger partial charge on any atom is -0.393 e. The van der Waals surface area contributed by atoms with Crippen molar-refractivity contribution in [3.63, 3.8) is 0 Å². The summed E-state index contributed by atoms with van der Waals surface area (Å²) in [6, 6.07) is 7.41. The molecule has 2 aliphatic rings. The SMILES string of the molecule is Cc1ccc(CN2C3CCC2CC(O)C3)c(Cl)c1. The average Bonchev–Trinajstić information content (AvgIpc) is 2.56. The van der Waals surface area contributed by atoms with E-state index in [0.717, 1.165) is 24.4 Å². The fraction of sp³-hybridized carbons (Fsp3) is 0.600. The highest BCUT2D eigenvalue weighted by Gasteiger charge is 2.39. The number of hydrogen-bond acceptors (Lipinski definition) is 2. The highest BCUT2D eigenvalue weighted by molar-refractivity contribution is 6.31. The molecule has 0 aromatic heterocycles. The summed E-state index contributed by atoms with van der Waals surface area (Å²) in [4.78, 5) is 2.54. The van der Waals surface area contributed by atoms with Gasteiger partial charge in [0.15, 0.2) is 0 Å². The van der Waals surface area contributed by atoms with Crippen LogP contribution in [0.4, 0.5) is 0 Å². The summed E-state index contributed by atoms with van der Waals surface area (Å²) in [5.74, 6) is 0. The number of rotatable bonds is 2. The second-order valence-electron chi connectivity index (χ2n) is 5.78. The standard InChI is InChI=1S/C15H20ClNO/c1-10-2-3-11(15(16)6-10)9-17-12-4-5-13(17)8-14(18)7-12/h2-3,6,12-14,18H,4-5,7-9H2,1H3. The van der Waals surface area contributed by atoms with Crippen LogP contribution < -0.4 is 0 Å². The molecule has 2 aliphatic heterocycles. The van der Waals surface area contributed by atoms with Gasteiger partial charge in [-0.15, -0.1) is 0 Å². The normalized spacial score (nSPS) is 31.8. The number of aliphatic hydroxyl groups excluding tert-OH is 1. The maximum absolute atomic E-state index is 9.81. The minimum absolute atomic E-state index is 0.0905. The Balaban J connectivity index is 1.77. The van der Waals surface area contributed by atoms with Crippen molar-refractivity contribution < 1.29 is 5.11 Å². The molecule has 0 spiro atoms. The second kappa shape index (κ2) is 4.84. The molecule has 98 valence electrons. The third kappa shape index (κ3) is 2.29. The molecule has 3 heteroatoms. The van der Waals surface area contributed by atoms with Crippen LogP contribution in [0.2, 0.25) is 5.02 Å². The molecule has 1 aromatic carbocycles. The summed E-state index contributed by atoms with van der Waals surface area (Å²) in [5, 5.41) is 10.7. The van der Waals surface area contributed by atoms with Crippen molar-refractivity contribution in [2.45, 2.75) is 57.3 Å². The van der Waals surface area contributed by atoms with Crippen LogP contribution in [0.1, 0.15) is 36.8 Å². The van der Waals surface area contributed by atoms with Gasteiger partial charge in [0, 0.05) is 23.7 Å². The van der Waals surface area contributed by atoms with E-state index in [4.69, 9.17) is 11.6 Å². The first-order chi connectivity index (χ1) is 8.63. The topological polar surface area (TPSA) is 23.5 Å². The first-order valence-corrected chi connectivity index (χ1v) is 7.20. The monoisotopic (exact) mass is 265 g/mol. The first kappa shape index (κ1) is 12.5. The lowest BCUT2D eigenvalue weighted by molar-refractivity contribution is 0.0310. The molecule has 2 bridgehead atoms. The lowest BCUT2D eigenvalue weighted by Crippen LogP contribution is -2.44. The number of benzene rings is 1. The Morgan fingerprint density at radius 2 is 1.94 bits per heavy atom. The van der Waals surface area contributed by atoms with Gasteiger partial charge in [-0.3, -0.25) is 4.90 Å². The van der Waals surface area contributed by atoms with Gasteiger partial charge in [-0.1, -0.05) is 23.7 Å². The van der Waals surface area contributed by atoms with Crippen molar-refractivity contribution in [2.24, 2.45) is 0 Å². The quantitative estimate of drug-likeness (QED) is 0.888. The molecule has 2 nitrogen and oxygen atoms in total. The number of halogens is 1. The van der Waals surface area contributed by atoms with Crippen LogP contribution in [0.25, 0.3) is 0 Å². The number of piperidine rings is 1. The van der Waals surface area contributed by atoms with Crippen LogP contribution in [0.3, 0.4) is 0 Å². The van der Waals surface area contributed by atoms with Gasteiger partial charge in [-0.05, 0) is 49.8 Å². The van der Waals surface area contributed by atoms with Crippen LogP contribution in [-0.4, -0.2) is 28.2 Å². The molecule has 2 unspecified atom stereocenters. The molecular formula is C15H20ClNO. The minimum atomic E-state index is -0.0905. The van der Waals surface area contributed by atoms with Crippen LogP contribution >= 0.6 is 11.6 Å². The first-order valence-electron chi connectivity index (χ1n) is 6.82. The van der Waals surface area contributed by atoms with Crippen molar-refractivity contribution in [3.05, 3.63) is 34.3 Å². The van der Waals surface area contributed by atoms with Crippen LogP contribution in [-0.2, 0) is 6.54 Å². The van der Waals surface area contributed by atoms with Gasteiger partial charge in [-0.25, -0.2) is 0 Å². The summed E-state index contributed by atoms with van der Waals surface area (Å²) in [6.45, 7) is 3.00. The molecule has 2 saturated heterocycles. The predicted molar refractivity (Wildman–Crippen MR) is 73.8 cm³/mol. The van der Waals surface area contributed by atoms with Crippen LogP contribution in [0, 0.1) is 6.92 Å². The molecule has 0 saturated carbocycles. The maximum Gasteiger partial charge on any atom is 0.0570 e. The zero-order valence-corrected chi connectivity index (χ0v) is 11.5. The fourth-order valence-corrected chi connectivity index (χ4v) is 3.78. The van der Waals surface area contributed by atoms with E-state index >= 15 is 0 Å². The van der Waals surface area contributed by atoms with E-state index in [9.17, 15) is 5.11 Å². The number of nitrogens with zero attached hydrogens (tertiary/aromatic N) is 1. The fourth-order valence-electron chi connectivity index (χ4n) is 3.48. The van der Waals surface area contributed by atoms with Crippen molar-refractivity contribution in [2.75, 3.05) is 0 Å². The average molecular weight is 266 g/mol. The predicted octanol–water partition coefficient (Wildman–Crippen LogP) is 3.14. The highest BCUT2D eigenvalue weighted by Crippen LogP contribution is 2.37. The van der Waals surface area contributed by atoms with E-state index in [1.54, 1.807) is 0 Å². The molecule has 18 heavy (non-hydrogen) atoms. The molecule has 1 N–H and O–H groups in total. The second-order valence-corrected chi connectivity index (χ2v) is 6.18. The van der Waals surface area contributed by atoms with Crippen molar-refractivity contribution >= 4 is 11.6 Å². The summed E-state index contributed by atoms with van der Waals surface area (Å²) in [5.41, 5.74) is 2.43. The molecule has 0 aliphatic carbocycles. The maximum atomic E-state index is 9.81. The van der Waals surface area contributed by atoms with Crippen molar-refractivity contribution in [3.8, 4) is 0 Å². The zero-order valence-electron chi connectivity index (χ0n) is 10.8. The van der Waals surface area contributed by atoms with E-state index in [0.29, 0.717) is 12.1 Å². The third-order valence-electron chi connectivity index (χ3n) is 4.42. The van der Waals surface area contributed by atoms with Gasteiger partial charge >= 0.3 is 0 Å². The molecule has 2 heterocycles. The van der Waals surface area contributed by atoms with Crippen molar-refractivity contribution in [1.82, 2.24) is 4.90 Å². The molecule has 1 aromatic rings. The number of aliphatic hydroxyl groups is 1. The molecular weight excluding hydrogens is 246 g/mol. The zero-order chi connectivity index (χ0) is 12.7. The lowest BCUT2D eigenvalue weighted by atomic mass is 9.99. The van der Waals surface area contributed by atoms with E-state index in [-0.39, 0.29) is 6.10 Å². The Hall–Kier alpha value is -0.570.